The minimum atomic E-state index is 0.269. The highest BCUT2D eigenvalue weighted by atomic mass is 16.6. The van der Waals surface area contributed by atoms with Gasteiger partial charge in [0, 0.05) is 12.4 Å². The third-order valence-corrected chi connectivity index (χ3v) is 3.63. The molecule has 0 aliphatic carbocycles. The monoisotopic (exact) mass is 320 g/mol. The second kappa shape index (κ2) is 6.68. The number of aromatic nitrogens is 2. The number of epoxide rings is 1. The van der Waals surface area contributed by atoms with Gasteiger partial charge in [-0.05, 0) is 41.5 Å². The largest absolute Gasteiger partial charge is 0.491 e. The van der Waals surface area contributed by atoms with Gasteiger partial charge in [0.2, 0.25) is 0 Å². The Labute approximate surface area is 139 Å². The summed E-state index contributed by atoms with van der Waals surface area (Å²) >= 11 is 0. The summed E-state index contributed by atoms with van der Waals surface area (Å²) in [5.74, 6) is 1.56. The van der Waals surface area contributed by atoms with Crippen molar-refractivity contribution in [2.45, 2.75) is 6.10 Å². The van der Waals surface area contributed by atoms with E-state index in [0.717, 1.165) is 23.5 Å². The summed E-state index contributed by atoms with van der Waals surface area (Å²) in [4.78, 5) is 8.08. The van der Waals surface area contributed by atoms with Gasteiger partial charge < -0.3 is 14.2 Å². The van der Waals surface area contributed by atoms with E-state index in [0.29, 0.717) is 18.4 Å². The fourth-order valence-electron chi connectivity index (χ4n) is 2.26. The number of benzene rings is 2. The van der Waals surface area contributed by atoms with Crippen molar-refractivity contribution in [3.63, 3.8) is 0 Å². The van der Waals surface area contributed by atoms with Crippen molar-refractivity contribution < 1.29 is 14.2 Å². The molecule has 1 saturated heterocycles. The van der Waals surface area contributed by atoms with Crippen LogP contribution in [0.1, 0.15) is 0 Å². The molecule has 0 bridgehead atoms. The quantitative estimate of drug-likeness (QED) is 0.648. The molecule has 24 heavy (non-hydrogen) atoms. The molecule has 1 atom stereocenters. The Morgan fingerprint density at radius 2 is 1.46 bits per heavy atom. The maximum Gasteiger partial charge on any atom is 0.321 e. The zero-order valence-corrected chi connectivity index (χ0v) is 13.0. The van der Waals surface area contributed by atoms with Gasteiger partial charge in [0.05, 0.1) is 6.61 Å². The maximum absolute atomic E-state index is 5.65. The normalized spacial score (nSPS) is 15.8. The Bertz CT molecular complexity index is 785. The lowest BCUT2D eigenvalue weighted by molar-refractivity contribution is 0.263. The third-order valence-electron chi connectivity index (χ3n) is 3.63. The van der Waals surface area contributed by atoms with Gasteiger partial charge in [-0.1, -0.05) is 24.3 Å². The summed E-state index contributed by atoms with van der Waals surface area (Å²) in [7, 11) is 0. The van der Waals surface area contributed by atoms with Crippen molar-refractivity contribution in [3.05, 3.63) is 67.0 Å². The lowest BCUT2D eigenvalue weighted by atomic mass is 10.1. The lowest BCUT2D eigenvalue weighted by Gasteiger charge is -2.07. The number of ether oxygens (including phenoxy) is 3. The highest BCUT2D eigenvalue weighted by Crippen LogP contribution is 2.26. The van der Waals surface area contributed by atoms with Crippen LogP contribution in [-0.4, -0.2) is 29.3 Å². The Kier molecular flexibility index (Phi) is 4.08. The van der Waals surface area contributed by atoms with Crippen molar-refractivity contribution >= 4 is 0 Å². The summed E-state index contributed by atoms with van der Waals surface area (Å²) in [6.45, 7) is 1.42. The van der Waals surface area contributed by atoms with E-state index in [2.05, 4.69) is 9.97 Å². The molecule has 1 aliphatic rings. The molecule has 1 fully saturated rings. The number of hydrogen-bond acceptors (Lipinski definition) is 5. The predicted octanol–water partition coefficient (Wildman–Crippen LogP) is 3.71. The summed E-state index contributed by atoms with van der Waals surface area (Å²) in [6.07, 6.45) is 3.57. The molecule has 0 saturated carbocycles. The first-order valence-electron chi connectivity index (χ1n) is 7.76. The first kappa shape index (κ1) is 14.7. The van der Waals surface area contributed by atoms with Crippen molar-refractivity contribution in [1.82, 2.24) is 9.97 Å². The molecule has 5 heteroatoms. The van der Waals surface area contributed by atoms with Crippen LogP contribution in [-0.2, 0) is 4.74 Å². The Balaban J connectivity index is 1.42. The summed E-state index contributed by atoms with van der Waals surface area (Å²) in [5, 5.41) is 0. The van der Waals surface area contributed by atoms with Gasteiger partial charge in [-0.15, -0.1) is 0 Å². The van der Waals surface area contributed by atoms with Crippen LogP contribution >= 0.6 is 0 Å². The molecule has 120 valence electrons. The van der Waals surface area contributed by atoms with E-state index in [-0.39, 0.29) is 6.10 Å². The van der Waals surface area contributed by atoms with E-state index < -0.39 is 0 Å². The van der Waals surface area contributed by atoms with Gasteiger partial charge in [0.1, 0.15) is 24.2 Å². The minimum absolute atomic E-state index is 0.269. The van der Waals surface area contributed by atoms with E-state index in [1.54, 1.807) is 18.5 Å². The topological polar surface area (TPSA) is 56.8 Å². The highest BCUT2D eigenvalue weighted by molar-refractivity contribution is 5.64. The van der Waals surface area contributed by atoms with Crippen molar-refractivity contribution in [2.24, 2.45) is 0 Å². The van der Waals surface area contributed by atoms with E-state index in [1.165, 1.54) is 0 Å². The summed E-state index contributed by atoms with van der Waals surface area (Å²) in [6, 6.07) is 17.9. The molecule has 2 aromatic carbocycles. The Morgan fingerprint density at radius 3 is 2.04 bits per heavy atom. The number of rotatable bonds is 6. The molecule has 2 heterocycles. The van der Waals surface area contributed by atoms with Crippen LogP contribution in [0.4, 0.5) is 0 Å². The van der Waals surface area contributed by atoms with Crippen LogP contribution in [0, 0.1) is 0 Å². The fourth-order valence-corrected chi connectivity index (χ4v) is 2.26. The smallest absolute Gasteiger partial charge is 0.321 e. The lowest BCUT2D eigenvalue weighted by Crippen LogP contribution is -2.03. The predicted molar refractivity (Wildman–Crippen MR) is 89.2 cm³/mol. The van der Waals surface area contributed by atoms with Gasteiger partial charge in [-0.3, -0.25) is 0 Å². The van der Waals surface area contributed by atoms with E-state index in [1.807, 2.05) is 48.5 Å². The Hall–Kier alpha value is -2.92. The first-order valence-corrected chi connectivity index (χ1v) is 7.76. The summed E-state index contributed by atoms with van der Waals surface area (Å²) < 4.78 is 16.4. The van der Waals surface area contributed by atoms with Crippen LogP contribution in [0.25, 0.3) is 11.1 Å². The highest BCUT2D eigenvalue weighted by Gasteiger charge is 2.22. The molecule has 0 amide bonds. The second-order valence-corrected chi connectivity index (χ2v) is 5.45. The fraction of sp³-hybridized carbons (Fsp3) is 0.158. The average molecular weight is 320 g/mol. The number of hydrogen-bond donors (Lipinski definition) is 0. The molecule has 0 N–H and O–H groups in total. The van der Waals surface area contributed by atoms with Gasteiger partial charge >= 0.3 is 6.01 Å². The van der Waals surface area contributed by atoms with Crippen molar-refractivity contribution in [2.75, 3.05) is 13.2 Å². The third kappa shape index (κ3) is 3.70. The molecular weight excluding hydrogens is 304 g/mol. The molecule has 1 unspecified atom stereocenters. The maximum atomic E-state index is 5.65. The van der Waals surface area contributed by atoms with Crippen LogP contribution in [0.5, 0.6) is 17.5 Å². The van der Waals surface area contributed by atoms with Gasteiger partial charge in [0.15, 0.2) is 0 Å². The van der Waals surface area contributed by atoms with Gasteiger partial charge in [0.25, 0.3) is 0 Å². The minimum Gasteiger partial charge on any atom is -0.491 e. The standard InChI is InChI=1S/C19H16N2O3/c1-10-20-19(21-11-1)24-17-8-4-15(5-9-17)14-2-6-16(7-3-14)22-12-18-13-23-18/h1-11,18H,12-13H2. The molecule has 0 radical (unpaired) electrons. The molecule has 1 aromatic heterocycles. The Morgan fingerprint density at radius 1 is 0.875 bits per heavy atom. The second-order valence-electron chi connectivity index (χ2n) is 5.45. The van der Waals surface area contributed by atoms with Crippen LogP contribution in [0.2, 0.25) is 0 Å². The molecule has 3 aromatic rings. The van der Waals surface area contributed by atoms with Gasteiger partial charge in [-0.25, -0.2) is 9.97 Å². The molecular formula is C19H16N2O3. The first-order chi connectivity index (χ1) is 11.9. The molecule has 1 aliphatic heterocycles. The molecule has 5 nitrogen and oxygen atoms in total. The van der Waals surface area contributed by atoms with E-state index >= 15 is 0 Å². The molecule has 4 rings (SSSR count). The van der Waals surface area contributed by atoms with E-state index in [4.69, 9.17) is 14.2 Å². The number of nitrogens with zero attached hydrogens (tertiary/aromatic N) is 2. The van der Waals surface area contributed by atoms with E-state index in [9.17, 15) is 0 Å². The SMILES string of the molecule is c1cnc(Oc2ccc(-c3ccc(OCC4CO4)cc3)cc2)nc1. The average Bonchev–Trinajstić information content (AvgIpc) is 3.47. The van der Waals surface area contributed by atoms with Crippen LogP contribution < -0.4 is 9.47 Å². The van der Waals surface area contributed by atoms with Gasteiger partial charge in [-0.2, -0.15) is 0 Å². The van der Waals surface area contributed by atoms with Crippen molar-refractivity contribution in [1.29, 1.82) is 0 Å². The summed E-state index contributed by atoms with van der Waals surface area (Å²) in [5.41, 5.74) is 2.22. The molecule has 0 spiro atoms. The van der Waals surface area contributed by atoms with Crippen LogP contribution in [0.3, 0.4) is 0 Å². The van der Waals surface area contributed by atoms with Crippen LogP contribution in [0.15, 0.2) is 67.0 Å². The zero-order chi connectivity index (χ0) is 16.2. The van der Waals surface area contributed by atoms with Crippen molar-refractivity contribution in [3.8, 4) is 28.6 Å². The zero-order valence-electron chi connectivity index (χ0n) is 13.0.